The van der Waals surface area contributed by atoms with E-state index in [0.29, 0.717) is 23.5 Å². The average molecular weight is 292 g/mol. The fourth-order valence-electron chi connectivity index (χ4n) is 2.43. The zero-order chi connectivity index (χ0) is 14.4. The number of pyridine rings is 1. The Labute approximate surface area is 126 Å². The van der Waals surface area contributed by atoms with Gasteiger partial charge in [-0.15, -0.1) is 0 Å². The maximum atomic E-state index is 12.3. The second-order valence-electron chi connectivity index (χ2n) is 5.67. The number of thioether (sulfide) groups is 1. The smallest absolute Gasteiger partial charge is 0.222 e. The number of aromatic nitrogens is 1. The molecule has 1 aliphatic heterocycles. The Bertz CT molecular complexity index is 422. The number of aryl methyl sites for hydroxylation is 1. The molecule has 1 atom stereocenters. The van der Waals surface area contributed by atoms with Crippen LogP contribution in [0.4, 0.5) is 0 Å². The van der Waals surface area contributed by atoms with E-state index in [1.54, 1.807) is 0 Å². The lowest BCUT2D eigenvalue weighted by Crippen LogP contribution is -2.43. The Morgan fingerprint density at radius 1 is 1.50 bits per heavy atom. The Balaban J connectivity index is 1.74. The van der Waals surface area contributed by atoms with Crippen LogP contribution in [-0.4, -0.2) is 39.9 Å². The molecule has 0 aromatic carbocycles. The van der Waals surface area contributed by atoms with Gasteiger partial charge in [0, 0.05) is 42.4 Å². The monoisotopic (exact) mass is 292 g/mol. The summed E-state index contributed by atoms with van der Waals surface area (Å²) in [6, 6.07) is 5.95. The summed E-state index contributed by atoms with van der Waals surface area (Å²) in [7, 11) is 0. The molecule has 1 aromatic rings. The third-order valence-corrected chi connectivity index (χ3v) is 5.28. The number of hydrogen-bond acceptors (Lipinski definition) is 3. The quantitative estimate of drug-likeness (QED) is 0.836. The van der Waals surface area contributed by atoms with E-state index in [9.17, 15) is 4.79 Å². The van der Waals surface area contributed by atoms with Gasteiger partial charge in [0.25, 0.3) is 0 Å². The largest absolute Gasteiger partial charge is 0.341 e. The summed E-state index contributed by atoms with van der Waals surface area (Å²) in [6.45, 7) is 6.32. The van der Waals surface area contributed by atoms with Gasteiger partial charge in [-0.1, -0.05) is 19.9 Å². The summed E-state index contributed by atoms with van der Waals surface area (Å²) in [5.74, 6) is 2.03. The SMILES string of the molecule is CC(C)[C@@H]1CN(C(=O)CCCc2ccccn2)CCS1. The van der Waals surface area contributed by atoms with Crippen LogP contribution in [0, 0.1) is 5.92 Å². The van der Waals surface area contributed by atoms with E-state index in [1.165, 1.54) is 0 Å². The fraction of sp³-hybridized carbons (Fsp3) is 0.625. The van der Waals surface area contributed by atoms with Gasteiger partial charge in [-0.25, -0.2) is 0 Å². The predicted molar refractivity (Wildman–Crippen MR) is 84.8 cm³/mol. The van der Waals surface area contributed by atoms with Crippen LogP contribution in [0.25, 0.3) is 0 Å². The van der Waals surface area contributed by atoms with Crippen LogP contribution in [0.15, 0.2) is 24.4 Å². The molecule has 1 saturated heterocycles. The number of hydrogen-bond donors (Lipinski definition) is 0. The van der Waals surface area contributed by atoms with Crippen molar-refractivity contribution >= 4 is 17.7 Å². The van der Waals surface area contributed by atoms with E-state index in [2.05, 4.69) is 23.7 Å². The van der Waals surface area contributed by atoms with Gasteiger partial charge in [-0.05, 0) is 30.9 Å². The molecule has 1 aliphatic rings. The van der Waals surface area contributed by atoms with Crippen molar-refractivity contribution < 1.29 is 4.79 Å². The van der Waals surface area contributed by atoms with Crippen LogP contribution in [0.2, 0.25) is 0 Å². The summed E-state index contributed by atoms with van der Waals surface area (Å²) in [6.07, 6.45) is 4.24. The second-order valence-corrected chi connectivity index (χ2v) is 7.01. The standard InChI is InChI=1S/C16H24N2OS/c1-13(2)15-12-18(10-11-20-15)16(19)8-5-7-14-6-3-4-9-17-14/h3-4,6,9,13,15H,5,7-8,10-12H2,1-2H3/t15-/m0/s1. The van der Waals surface area contributed by atoms with E-state index in [-0.39, 0.29) is 0 Å². The molecule has 2 heterocycles. The number of nitrogens with zero attached hydrogens (tertiary/aromatic N) is 2. The van der Waals surface area contributed by atoms with Crippen LogP contribution in [0.3, 0.4) is 0 Å². The molecule has 0 radical (unpaired) electrons. The molecule has 0 unspecified atom stereocenters. The van der Waals surface area contributed by atoms with Crippen LogP contribution < -0.4 is 0 Å². The Morgan fingerprint density at radius 3 is 3.05 bits per heavy atom. The maximum absolute atomic E-state index is 12.3. The topological polar surface area (TPSA) is 33.2 Å². The summed E-state index contributed by atoms with van der Waals surface area (Å²) in [4.78, 5) is 18.6. The second kappa shape index (κ2) is 7.67. The summed E-state index contributed by atoms with van der Waals surface area (Å²) >= 11 is 2.01. The van der Waals surface area contributed by atoms with Gasteiger partial charge < -0.3 is 4.90 Å². The zero-order valence-corrected chi connectivity index (χ0v) is 13.2. The minimum absolute atomic E-state index is 0.312. The lowest BCUT2D eigenvalue weighted by Gasteiger charge is -2.34. The van der Waals surface area contributed by atoms with Gasteiger partial charge in [0.15, 0.2) is 0 Å². The van der Waals surface area contributed by atoms with Gasteiger partial charge in [0.2, 0.25) is 5.91 Å². The minimum atomic E-state index is 0.312. The van der Waals surface area contributed by atoms with Gasteiger partial charge in [-0.2, -0.15) is 11.8 Å². The van der Waals surface area contributed by atoms with Crippen LogP contribution in [-0.2, 0) is 11.2 Å². The van der Waals surface area contributed by atoms with Gasteiger partial charge in [0.1, 0.15) is 0 Å². The molecule has 0 aliphatic carbocycles. The van der Waals surface area contributed by atoms with Gasteiger partial charge in [0.05, 0.1) is 0 Å². The summed E-state index contributed by atoms with van der Waals surface area (Å²) in [5.41, 5.74) is 1.08. The molecule has 1 fully saturated rings. The summed E-state index contributed by atoms with van der Waals surface area (Å²) in [5, 5.41) is 0.600. The highest BCUT2D eigenvalue weighted by Crippen LogP contribution is 2.25. The van der Waals surface area contributed by atoms with E-state index < -0.39 is 0 Å². The Hall–Kier alpha value is -1.03. The first kappa shape index (κ1) is 15.4. The van der Waals surface area contributed by atoms with E-state index in [0.717, 1.165) is 37.4 Å². The molecule has 3 nitrogen and oxygen atoms in total. The predicted octanol–water partition coefficient (Wildman–Crippen LogP) is 3.00. The Kier molecular flexibility index (Phi) is 5.89. The van der Waals surface area contributed by atoms with Crippen LogP contribution in [0.5, 0.6) is 0 Å². The van der Waals surface area contributed by atoms with Crippen LogP contribution in [0.1, 0.15) is 32.4 Å². The van der Waals surface area contributed by atoms with Crippen molar-refractivity contribution in [1.29, 1.82) is 0 Å². The van der Waals surface area contributed by atoms with E-state index in [1.807, 2.05) is 36.2 Å². The molecule has 20 heavy (non-hydrogen) atoms. The highest BCUT2D eigenvalue weighted by atomic mass is 32.2. The molecule has 110 valence electrons. The number of carbonyl (C=O) groups is 1. The number of rotatable bonds is 5. The van der Waals surface area contributed by atoms with E-state index in [4.69, 9.17) is 0 Å². The third kappa shape index (κ3) is 4.51. The van der Waals surface area contributed by atoms with Crippen molar-refractivity contribution in [2.45, 2.75) is 38.4 Å². The lowest BCUT2D eigenvalue weighted by molar-refractivity contribution is -0.131. The first-order chi connectivity index (χ1) is 9.66. The number of carbonyl (C=O) groups excluding carboxylic acids is 1. The molecule has 2 rings (SSSR count). The normalized spacial score (nSPS) is 19.4. The van der Waals surface area contributed by atoms with Crippen molar-refractivity contribution in [3.05, 3.63) is 30.1 Å². The van der Waals surface area contributed by atoms with Crippen molar-refractivity contribution in [1.82, 2.24) is 9.88 Å². The van der Waals surface area contributed by atoms with Crippen molar-refractivity contribution in [2.24, 2.45) is 5.92 Å². The lowest BCUT2D eigenvalue weighted by atomic mass is 10.1. The average Bonchev–Trinajstić information content (AvgIpc) is 2.48. The molecule has 0 N–H and O–H groups in total. The zero-order valence-electron chi connectivity index (χ0n) is 12.4. The van der Waals surface area contributed by atoms with E-state index >= 15 is 0 Å². The molecular weight excluding hydrogens is 268 g/mol. The van der Waals surface area contributed by atoms with Crippen molar-refractivity contribution in [2.75, 3.05) is 18.8 Å². The van der Waals surface area contributed by atoms with Crippen LogP contribution >= 0.6 is 11.8 Å². The molecular formula is C16H24N2OS. The molecule has 1 amide bonds. The molecule has 1 aromatic heterocycles. The fourth-order valence-corrected chi connectivity index (χ4v) is 3.73. The van der Waals surface area contributed by atoms with Gasteiger partial charge >= 0.3 is 0 Å². The highest BCUT2D eigenvalue weighted by Gasteiger charge is 2.25. The Morgan fingerprint density at radius 2 is 2.35 bits per heavy atom. The molecule has 0 saturated carbocycles. The summed E-state index contributed by atoms with van der Waals surface area (Å²) < 4.78 is 0. The highest BCUT2D eigenvalue weighted by molar-refractivity contribution is 8.00. The van der Waals surface area contributed by atoms with Crippen molar-refractivity contribution in [3.8, 4) is 0 Å². The molecule has 0 bridgehead atoms. The minimum Gasteiger partial charge on any atom is -0.341 e. The first-order valence-electron chi connectivity index (χ1n) is 7.46. The number of amides is 1. The van der Waals surface area contributed by atoms with Gasteiger partial charge in [-0.3, -0.25) is 9.78 Å². The molecule has 0 spiro atoms. The maximum Gasteiger partial charge on any atom is 0.222 e. The first-order valence-corrected chi connectivity index (χ1v) is 8.51. The van der Waals surface area contributed by atoms with Crippen molar-refractivity contribution in [3.63, 3.8) is 0 Å². The molecule has 4 heteroatoms. The third-order valence-electron chi connectivity index (χ3n) is 3.74.